The number of rotatable bonds is 8. The lowest BCUT2D eigenvalue weighted by Crippen LogP contribution is -2.38. The normalized spacial score (nSPS) is 15.3. The molecule has 2 amide bonds. The van der Waals surface area contributed by atoms with E-state index in [-0.39, 0.29) is 39.2 Å². The summed E-state index contributed by atoms with van der Waals surface area (Å²) >= 11 is 12.5. The largest absolute Gasteiger partial charge is 0.506 e. The van der Waals surface area contributed by atoms with Gasteiger partial charge in [-0.3, -0.25) is 14.4 Å². The number of likely N-dealkylation sites (N-methyl/N-ethyl adjacent to an activating group) is 1. The van der Waals surface area contributed by atoms with Gasteiger partial charge in [0.25, 0.3) is 11.5 Å². The molecule has 1 atom stereocenters. The lowest BCUT2D eigenvalue weighted by molar-refractivity contribution is -0.116. The van der Waals surface area contributed by atoms with Gasteiger partial charge in [-0.2, -0.15) is 0 Å². The highest BCUT2D eigenvalue weighted by Gasteiger charge is 2.31. The van der Waals surface area contributed by atoms with Crippen molar-refractivity contribution in [2.24, 2.45) is 12.8 Å². The first-order valence-electron chi connectivity index (χ1n) is 13.2. The minimum atomic E-state index is -3.36. The highest BCUT2D eigenvalue weighted by Crippen LogP contribution is 2.36. The molecule has 3 aromatic heterocycles. The number of halogens is 2. The minimum absolute atomic E-state index is 0.147. The van der Waals surface area contributed by atoms with Crippen molar-refractivity contribution in [3.05, 3.63) is 62.9 Å². The molecule has 0 aliphatic carbocycles. The van der Waals surface area contributed by atoms with E-state index in [1.54, 1.807) is 13.1 Å². The Bertz CT molecular complexity index is 1990. The van der Waals surface area contributed by atoms with E-state index in [1.807, 2.05) is 4.90 Å². The van der Waals surface area contributed by atoms with Crippen molar-refractivity contribution in [3.63, 3.8) is 0 Å². The number of pyridine rings is 1. The van der Waals surface area contributed by atoms with Crippen molar-refractivity contribution < 1.29 is 23.1 Å². The van der Waals surface area contributed by atoms with Crippen molar-refractivity contribution in [1.29, 1.82) is 0 Å². The van der Waals surface area contributed by atoms with Gasteiger partial charge in [-0.25, -0.2) is 22.7 Å². The van der Waals surface area contributed by atoms with Crippen molar-refractivity contribution >= 4 is 67.6 Å². The summed E-state index contributed by atoms with van der Waals surface area (Å²) in [4.78, 5) is 49.0. The first-order chi connectivity index (χ1) is 20.6. The topological polar surface area (TPSA) is 186 Å². The van der Waals surface area contributed by atoms with Gasteiger partial charge in [-0.05, 0) is 24.1 Å². The summed E-state index contributed by atoms with van der Waals surface area (Å²) in [5.41, 5.74) is 5.87. The third kappa shape index (κ3) is 5.95. The zero-order valence-corrected chi connectivity index (χ0v) is 26.1. The molecule has 14 nitrogen and oxygen atoms in total. The van der Waals surface area contributed by atoms with Gasteiger partial charge < -0.3 is 30.2 Å². The number of nitrogens with zero attached hydrogens (tertiary/aromatic N) is 6. The molecule has 1 aliphatic rings. The molecule has 0 spiro atoms. The zero-order chi connectivity index (χ0) is 32.1. The predicted octanol–water partition coefficient (Wildman–Crippen LogP) is 2.02. The number of carbonyl (C=O) groups excluding carboxylic acids is 2. The van der Waals surface area contributed by atoms with Crippen LogP contribution in [0.25, 0.3) is 22.2 Å². The van der Waals surface area contributed by atoms with Crippen molar-refractivity contribution in [2.75, 3.05) is 36.6 Å². The lowest BCUT2D eigenvalue weighted by atomic mass is 10.0. The second-order valence-corrected chi connectivity index (χ2v) is 13.3. The molecule has 4 N–H and O–H groups in total. The van der Waals surface area contributed by atoms with Crippen LogP contribution in [0.2, 0.25) is 10.0 Å². The Morgan fingerprint density at radius 2 is 1.93 bits per heavy atom. The second-order valence-electron chi connectivity index (χ2n) is 10.5. The third-order valence-electron chi connectivity index (χ3n) is 7.53. The summed E-state index contributed by atoms with van der Waals surface area (Å²) in [6.45, 7) is 0.706. The van der Waals surface area contributed by atoms with E-state index in [4.69, 9.17) is 28.9 Å². The van der Waals surface area contributed by atoms with Crippen LogP contribution >= 0.6 is 23.2 Å². The molecule has 1 saturated heterocycles. The minimum Gasteiger partial charge on any atom is -0.506 e. The summed E-state index contributed by atoms with van der Waals surface area (Å²) in [7, 11) is -0.298. The van der Waals surface area contributed by atoms with Crippen molar-refractivity contribution in [2.45, 2.75) is 19.0 Å². The van der Waals surface area contributed by atoms with Crippen molar-refractivity contribution in [3.8, 4) is 16.9 Å². The number of sulfonamides is 1. The first kappa shape index (κ1) is 31.3. The van der Waals surface area contributed by atoms with Crippen LogP contribution in [0.15, 0.2) is 41.7 Å². The second kappa shape index (κ2) is 11.7. The Morgan fingerprint density at radius 3 is 2.61 bits per heavy atom. The molecule has 1 unspecified atom stereocenters. The first-order valence-corrected chi connectivity index (χ1v) is 15.8. The predicted molar refractivity (Wildman–Crippen MR) is 167 cm³/mol. The van der Waals surface area contributed by atoms with E-state index < -0.39 is 33.1 Å². The Balaban J connectivity index is 1.44. The fourth-order valence-corrected chi connectivity index (χ4v) is 6.19. The van der Waals surface area contributed by atoms with Crippen LogP contribution in [0.4, 0.5) is 11.5 Å². The lowest BCUT2D eigenvalue weighted by Gasteiger charge is -2.23. The van der Waals surface area contributed by atoms with Gasteiger partial charge in [0.05, 0.1) is 45.5 Å². The molecule has 0 bridgehead atoms. The monoisotopic (exact) mass is 662 g/mol. The number of benzene rings is 1. The maximum absolute atomic E-state index is 13.3. The van der Waals surface area contributed by atoms with Crippen molar-refractivity contribution in [1.82, 2.24) is 23.4 Å². The van der Waals surface area contributed by atoms with Crippen LogP contribution in [0.3, 0.4) is 0 Å². The Morgan fingerprint density at radius 1 is 1.20 bits per heavy atom. The molecule has 1 aliphatic heterocycles. The number of aromatic nitrogens is 4. The van der Waals surface area contributed by atoms with Gasteiger partial charge in [0.1, 0.15) is 23.8 Å². The molecular weight excluding hydrogens is 635 g/mol. The van der Waals surface area contributed by atoms with E-state index in [9.17, 15) is 27.9 Å². The van der Waals surface area contributed by atoms with Crippen LogP contribution in [-0.2, 0) is 28.4 Å². The van der Waals surface area contributed by atoms with Gasteiger partial charge in [0.2, 0.25) is 15.9 Å². The van der Waals surface area contributed by atoms with Crippen LogP contribution in [0, 0.1) is 0 Å². The molecule has 1 fully saturated rings. The third-order valence-corrected chi connectivity index (χ3v) is 9.46. The van der Waals surface area contributed by atoms with E-state index in [0.717, 1.165) is 6.26 Å². The zero-order valence-electron chi connectivity index (χ0n) is 23.8. The molecule has 4 aromatic rings. The molecule has 17 heteroatoms. The van der Waals surface area contributed by atoms with Gasteiger partial charge in [-0.15, -0.1) is 0 Å². The van der Waals surface area contributed by atoms with E-state index in [2.05, 4.69) is 15.3 Å². The number of primary amides is 1. The molecular formula is C27H28Cl2N8O6S. The molecule has 0 radical (unpaired) electrons. The number of aryl methyl sites for hydroxylation is 1. The highest BCUT2D eigenvalue weighted by molar-refractivity contribution is 7.88. The Labute approximate surface area is 261 Å². The molecule has 0 saturated carbocycles. The van der Waals surface area contributed by atoms with Gasteiger partial charge >= 0.3 is 0 Å². The molecule has 5 rings (SSSR count). The van der Waals surface area contributed by atoms with E-state index in [1.165, 1.54) is 51.3 Å². The summed E-state index contributed by atoms with van der Waals surface area (Å²) in [5, 5.41) is 13.2. The molecule has 4 heterocycles. The summed E-state index contributed by atoms with van der Waals surface area (Å²) in [6.07, 6.45) is 6.01. The average molecular weight is 664 g/mol. The van der Waals surface area contributed by atoms with Gasteiger partial charge in [-0.1, -0.05) is 23.2 Å². The number of hydrogen-bond donors (Lipinski definition) is 3. The number of carbonyl (C=O) groups is 2. The van der Waals surface area contributed by atoms with Gasteiger partial charge in [0, 0.05) is 51.1 Å². The smallest absolute Gasteiger partial charge is 0.263 e. The highest BCUT2D eigenvalue weighted by atomic mass is 35.5. The fraction of sp³-hybridized carbons (Fsp3) is 0.296. The number of anilines is 2. The maximum atomic E-state index is 13.3. The van der Waals surface area contributed by atoms with Crippen LogP contribution in [0.1, 0.15) is 16.8 Å². The summed E-state index contributed by atoms with van der Waals surface area (Å²) in [5.74, 6) is -1.38. The number of aromatic hydroxyl groups is 1. The average Bonchev–Trinajstić information content (AvgIpc) is 3.58. The number of hydrogen-bond acceptors (Lipinski definition) is 9. The number of nitrogens with two attached hydrogens (primary N) is 1. The van der Waals surface area contributed by atoms with E-state index >= 15 is 0 Å². The maximum Gasteiger partial charge on any atom is 0.263 e. The Hall–Kier alpha value is -4.18. The number of phenols is 1. The van der Waals surface area contributed by atoms with E-state index in [0.29, 0.717) is 42.1 Å². The van der Waals surface area contributed by atoms with Gasteiger partial charge in [0.15, 0.2) is 0 Å². The number of nitrogens with one attached hydrogen (secondary N) is 1. The molecule has 1 aromatic carbocycles. The van der Waals surface area contributed by atoms with Crippen LogP contribution in [-0.4, -0.2) is 81.2 Å². The SMILES string of the molecule is CN(C1CCN(c2cc(NC(=O)Cn3cc(-c4cc(Cl)c(O)c(C(N)=O)c4)c4c(=O)n(C)cnc43)c(Cl)cn2)C1)S(C)(=O)=O. The standard InChI is InChI=1S/C27H28Cl2N8O6S/c1-34-13-32-26-23(27(34)41)17(14-6-16(25(30)40)24(39)18(28)7-14)11-37(26)12-22(38)33-20-8-21(31-9-19(20)29)36-5-4-15(10-36)35(2)44(3,42)43/h6-9,11,13,15,39H,4-5,10,12H2,1-3H3,(H2,30,40)(H,31,33,38). The fourth-order valence-electron chi connectivity index (χ4n) is 5.11. The molecule has 232 valence electrons. The van der Waals surface area contributed by atoms with Crippen LogP contribution in [0.5, 0.6) is 5.75 Å². The van der Waals surface area contributed by atoms with Crippen LogP contribution < -0.4 is 21.5 Å². The summed E-state index contributed by atoms with van der Waals surface area (Å²) < 4.78 is 28.0. The number of amides is 2. The number of fused-ring (bicyclic) bond motifs is 1. The quantitative estimate of drug-likeness (QED) is 0.254. The summed E-state index contributed by atoms with van der Waals surface area (Å²) in [6, 6.07) is 4.08. The molecule has 44 heavy (non-hydrogen) atoms. The Kier molecular flexibility index (Phi) is 8.33.